The second-order valence-electron chi connectivity index (χ2n) is 6.43. The summed E-state index contributed by atoms with van der Waals surface area (Å²) in [6.45, 7) is 5.34. The molecule has 1 aromatic carbocycles. The highest BCUT2D eigenvalue weighted by Crippen LogP contribution is 2.38. The second-order valence-corrected chi connectivity index (χ2v) is 8.46. The van der Waals surface area contributed by atoms with E-state index in [1.807, 2.05) is 6.92 Å². The molecule has 2 N–H and O–H groups in total. The summed E-state index contributed by atoms with van der Waals surface area (Å²) in [4.78, 5) is 0.313. The van der Waals surface area contributed by atoms with Crippen LogP contribution in [-0.4, -0.2) is 49.3 Å². The molecule has 0 bridgehead atoms. The molecule has 1 saturated heterocycles. The minimum atomic E-state index is -3.41. The molecular formula is C18H26O5S. The van der Waals surface area contributed by atoms with Gasteiger partial charge in [-0.2, -0.15) is 0 Å². The van der Waals surface area contributed by atoms with Gasteiger partial charge in [-0.25, -0.2) is 8.42 Å². The van der Waals surface area contributed by atoms with Gasteiger partial charge >= 0.3 is 0 Å². The lowest BCUT2D eigenvalue weighted by Crippen LogP contribution is -2.29. The van der Waals surface area contributed by atoms with Gasteiger partial charge in [-0.05, 0) is 24.5 Å². The summed E-state index contributed by atoms with van der Waals surface area (Å²) in [5, 5.41) is 18.7. The van der Waals surface area contributed by atoms with Crippen molar-refractivity contribution < 1.29 is 23.4 Å². The number of hydrogen-bond donors (Lipinski definition) is 2. The predicted octanol–water partition coefficient (Wildman–Crippen LogP) is 1.80. The molecule has 0 spiro atoms. The maximum atomic E-state index is 12.7. The molecule has 5 nitrogen and oxygen atoms in total. The number of ether oxygens (including phenoxy) is 1. The summed E-state index contributed by atoms with van der Waals surface area (Å²) in [5.74, 6) is -0.207. The van der Waals surface area contributed by atoms with Gasteiger partial charge in [-0.1, -0.05) is 31.2 Å². The third-order valence-electron chi connectivity index (χ3n) is 4.72. The van der Waals surface area contributed by atoms with Crippen molar-refractivity contribution in [2.24, 2.45) is 11.8 Å². The van der Waals surface area contributed by atoms with Crippen molar-refractivity contribution in [2.75, 3.05) is 12.4 Å². The molecule has 1 aliphatic rings. The standard InChI is InChI=1S/C18H26O5S/c1-3-7-17-16(13(2)18(23-17)10-14(20)11-19)12-24(21,22)15-8-5-4-6-9-15/h3-6,8-9,13-14,16-20H,1,7,10-12H2,2H3/t13-,14+,16-,17+,18?/m1/s1. The number of hydrogen-bond acceptors (Lipinski definition) is 5. The van der Waals surface area contributed by atoms with Gasteiger partial charge < -0.3 is 14.9 Å². The lowest BCUT2D eigenvalue weighted by atomic mass is 9.87. The van der Waals surface area contributed by atoms with E-state index in [9.17, 15) is 13.5 Å². The Morgan fingerprint density at radius 3 is 2.54 bits per heavy atom. The number of aliphatic hydroxyl groups is 2. The Kier molecular flexibility index (Phi) is 6.57. The van der Waals surface area contributed by atoms with E-state index in [-0.39, 0.29) is 36.4 Å². The molecule has 0 radical (unpaired) electrons. The molecule has 1 aliphatic heterocycles. The van der Waals surface area contributed by atoms with Crippen LogP contribution in [0.3, 0.4) is 0 Å². The molecule has 0 aromatic heterocycles. The topological polar surface area (TPSA) is 83.8 Å². The van der Waals surface area contributed by atoms with Gasteiger partial charge in [-0.15, -0.1) is 6.58 Å². The second kappa shape index (κ2) is 8.25. The maximum Gasteiger partial charge on any atom is 0.178 e. The summed E-state index contributed by atoms with van der Waals surface area (Å²) < 4.78 is 31.4. The van der Waals surface area contributed by atoms with Crippen LogP contribution < -0.4 is 0 Å². The molecule has 1 heterocycles. The minimum absolute atomic E-state index is 0.00239. The minimum Gasteiger partial charge on any atom is -0.394 e. The number of aliphatic hydroxyl groups excluding tert-OH is 2. The molecule has 1 fully saturated rings. The molecule has 1 unspecified atom stereocenters. The average molecular weight is 354 g/mol. The van der Waals surface area contributed by atoms with Gasteiger partial charge in [0.1, 0.15) is 0 Å². The summed E-state index contributed by atoms with van der Waals surface area (Å²) >= 11 is 0. The zero-order valence-corrected chi connectivity index (χ0v) is 14.7. The van der Waals surface area contributed by atoms with Crippen molar-refractivity contribution >= 4 is 9.84 Å². The van der Waals surface area contributed by atoms with E-state index >= 15 is 0 Å². The number of benzene rings is 1. The zero-order valence-electron chi connectivity index (χ0n) is 13.9. The van der Waals surface area contributed by atoms with Crippen molar-refractivity contribution in [3.05, 3.63) is 43.0 Å². The Hall–Kier alpha value is -1.21. The first-order valence-corrected chi connectivity index (χ1v) is 9.87. The van der Waals surface area contributed by atoms with Crippen LogP contribution in [0.4, 0.5) is 0 Å². The Labute approximate surface area is 143 Å². The Morgan fingerprint density at radius 1 is 1.29 bits per heavy atom. The van der Waals surface area contributed by atoms with Crippen LogP contribution >= 0.6 is 0 Å². The molecule has 0 saturated carbocycles. The molecule has 2 rings (SSSR count). The first kappa shape index (κ1) is 19.1. The number of sulfone groups is 1. The highest BCUT2D eigenvalue weighted by molar-refractivity contribution is 7.91. The van der Waals surface area contributed by atoms with E-state index in [4.69, 9.17) is 9.84 Å². The normalized spacial score (nSPS) is 28.6. The van der Waals surface area contributed by atoms with E-state index in [2.05, 4.69) is 6.58 Å². The average Bonchev–Trinajstić information content (AvgIpc) is 2.84. The van der Waals surface area contributed by atoms with Crippen molar-refractivity contribution in [3.63, 3.8) is 0 Å². The van der Waals surface area contributed by atoms with Crippen molar-refractivity contribution in [1.82, 2.24) is 0 Å². The van der Waals surface area contributed by atoms with Crippen LogP contribution in [0.15, 0.2) is 47.9 Å². The van der Waals surface area contributed by atoms with E-state index in [1.165, 1.54) is 0 Å². The van der Waals surface area contributed by atoms with Crippen LogP contribution in [0.5, 0.6) is 0 Å². The van der Waals surface area contributed by atoms with Gasteiger partial charge in [0.25, 0.3) is 0 Å². The highest BCUT2D eigenvalue weighted by Gasteiger charge is 2.43. The van der Waals surface area contributed by atoms with Crippen LogP contribution in [0.25, 0.3) is 0 Å². The summed E-state index contributed by atoms with van der Waals surface area (Å²) in [6.07, 6.45) is 1.22. The first-order chi connectivity index (χ1) is 11.4. The van der Waals surface area contributed by atoms with Gasteiger partial charge in [0.2, 0.25) is 0 Å². The van der Waals surface area contributed by atoms with E-state index in [0.29, 0.717) is 17.7 Å². The molecule has 24 heavy (non-hydrogen) atoms. The summed E-state index contributed by atoms with van der Waals surface area (Å²) in [5.41, 5.74) is 0. The van der Waals surface area contributed by atoms with Crippen molar-refractivity contribution in [3.8, 4) is 0 Å². The zero-order chi connectivity index (χ0) is 17.7. The number of rotatable bonds is 8. The van der Waals surface area contributed by atoms with Crippen LogP contribution in [0.1, 0.15) is 19.8 Å². The lowest BCUT2D eigenvalue weighted by molar-refractivity contribution is -0.0111. The Morgan fingerprint density at radius 2 is 1.96 bits per heavy atom. The molecular weight excluding hydrogens is 328 g/mol. The Bertz CT molecular complexity index is 628. The van der Waals surface area contributed by atoms with Gasteiger partial charge in [0, 0.05) is 12.3 Å². The van der Waals surface area contributed by atoms with Gasteiger partial charge in [-0.3, -0.25) is 0 Å². The predicted molar refractivity (Wildman–Crippen MR) is 92.3 cm³/mol. The molecule has 134 valence electrons. The largest absolute Gasteiger partial charge is 0.394 e. The molecule has 1 aromatic rings. The fraction of sp³-hybridized carbons (Fsp3) is 0.556. The van der Waals surface area contributed by atoms with E-state index in [0.717, 1.165) is 0 Å². The summed E-state index contributed by atoms with van der Waals surface area (Å²) in [6, 6.07) is 8.41. The molecule has 5 atom stereocenters. The molecule has 0 aliphatic carbocycles. The van der Waals surface area contributed by atoms with Gasteiger partial charge in [0.05, 0.1) is 35.6 Å². The highest BCUT2D eigenvalue weighted by atomic mass is 32.2. The smallest absolute Gasteiger partial charge is 0.178 e. The van der Waals surface area contributed by atoms with Crippen molar-refractivity contribution in [2.45, 2.75) is 43.0 Å². The summed E-state index contributed by atoms with van der Waals surface area (Å²) in [7, 11) is -3.41. The third-order valence-corrected chi connectivity index (χ3v) is 6.53. The monoisotopic (exact) mass is 354 g/mol. The quantitative estimate of drug-likeness (QED) is 0.696. The third kappa shape index (κ3) is 4.45. The van der Waals surface area contributed by atoms with Gasteiger partial charge in [0.15, 0.2) is 9.84 Å². The van der Waals surface area contributed by atoms with Crippen LogP contribution in [-0.2, 0) is 14.6 Å². The molecule has 6 heteroatoms. The maximum absolute atomic E-state index is 12.7. The Balaban J connectivity index is 2.18. The SMILES string of the molecule is C=CC[C@@H]1OC(C[C@H](O)CO)[C@H](C)[C@H]1CS(=O)(=O)c1ccccc1. The molecule has 0 amide bonds. The van der Waals surface area contributed by atoms with E-state index < -0.39 is 15.9 Å². The first-order valence-electron chi connectivity index (χ1n) is 8.22. The van der Waals surface area contributed by atoms with Crippen molar-refractivity contribution in [1.29, 1.82) is 0 Å². The van der Waals surface area contributed by atoms with Crippen LogP contribution in [0.2, 0.25) is 0 Å². The van der Waals surface area contributed by atoms with Crippen LogP contribution in [0, 0.1) is 11.8 Å². The van der Waals surface area contributed by atoms with E-state index in [1.54, 1.807) is 36.4 Å². The fourth-order valence-electron chi connectivity index (χ4n) is 3.31. The fourth-order valence-corrected chi connectivity index (χ4v) is 5.10. The lowest BCUT2D eigenvalue weighted by Gasteiger charge is -2.21.